The van der Waals surface area contributed by atoms with E-state index in [1.54, 1.807) is 6.07 Å². The zero-order chi connectivity index (χ0) is 11.5. The largest absolute Gasteiger partial charge is 0.327 e. The molecule has 0 spiro atoms. The Balaban J connectivity index is 2.18. The van der Waals surface area contributed by atoms with E-state index in [1.165, 1.54) is 11.6 Å². The van der Waals surface area contributed by atoms with Crippen LogP contribution >= 0.6 is 11.6 Å². The molecule has 1 fully saturated rings. The van der Waals surface area contributed by atoms with Crippen molar-refractivity contribution in [3.63, 3.8) is 0 Å². The first kappa shape index (κ1) is 11.6. The number of rotatable bonds is 1. The van der Waals surface area contributed by atoms with Crippen LogP contribution in [0.15, 0.2) is 23.8 Å². The fraction of sp³-hybridized carbons (Fsp3) is 0.385. The molecule has 1 nitrogen and oxygen atoms in total. The molecule has 0 aliphatic heterocycles. The third-order valence-corrected chi connectivity index (χ3v) is 3.22. The summed E-state index contributed by atoms with van der Waals surface area (Å²) in [7, 11) is 0. The fourth-order valence-corrected chi connectivity index (χ4v) is 2.22. The van der Waals surface area contributed by atoms with Crippen LogP contribution in [0.4, 0.5) is 4.39 Å². The van der Waals surface area contributed by atoms with E-state index in [0.29, 0.717) is 0 Å². The second-order valence-electron chi connectivity index (χ2n) is 4.33. The van der Waals surface area contributed by atoms with Gasteiger partial charge in [-0.05, 0) is 43.4 Å². The third-order valence-electron chi connectivity index (χ3n) is 2.91. The second kappa shape index (κ2) is 4.98. The normalized spacial score (nSPS) is 23.7. The molecule has 86 valence electrons. The fourth-order valence-electron chi connectivity index (χ4n) is 2.10. The number of nitrogens with two attached hydrogens (primary N) is 1. The summed E-state index contributed by atoms with van der Waals surface area (Å²) in [6, 6.07) is 5.15. The molecule has 1 aromatic carbocycles. The maximum Gasteiger partial charge on any atom is 0.142 e. The van der Waals surface area contributed by atoms with E-state index in [-0.39, 0.29) is 16.9 Å². The van der Waals surface area contributed by atoms with Crippen LogP contribution in [0.2, 0.25) is 5.02 Å². The minimum Gasteiger partial charge on any atom is -0.327 e. The number of halogens is 2. The molecule has 0 bridgehead atoms. The Hall–Kier alpha value is -0.860. The molecule has 0 heterocycles. The molecule has 1 aliphatic carbocycles. The van der Waals surface area contributed by atoms with Gasteiger partial charge in [0.05, 0.1) is 5.02 Å². The number of hydrogen-bond acceptors (Lipinski definition) is 1. The quantitative estimate of drug-likeness (QED) is 0.793. The van der Waals surface area contributed by atoms with Crippen LogP contribution in [0, 0.1) is 5.82 Å². The van der Waals surface area contributed by atoms with E-state index in [1.807, 2.05) is 12.1 Å². The second-order valence-corrected chi connectivity index (χ2v) is 4.74. The minimum atomic E-state index is -0.365. The van der Waals surface area contributed by atoms with Gasteiger partial charge in [0, 0.05) is 6.04 Å². The van der Waals surface area contributed by atoms with Gasteiger partial charge in [0.2, 0.25) is 0 Å². The molecule has 2 N–H and O–H groups in total. The summed E-state index contributed by atoms with van der Waals surface area (Å²) in [5.41, 5.74) is 8.07. The van der Waals surface area contributed by atoms with Gasteiger partial charge in [0.25, 0.3) is 0 Å². The van der Waals surface area contributed by atoms with Gasteiger partial charge < -0.3 is 5.73 Å². The van der Waals surface area contributed by atoms with Crippen molar-refractivity contribution < 1.29 is 4.39 Å². The first-order chi connectivity index (χ1) is 7.65. The Labute approximate surface area is 100 Å². The van der Waals surface area contributed by atoms with Gasteiger partial charge >= 0.3 is 0 Å². The van der Waals surface area contributed by atoms with Crippen LogP contribution in [0.1, 0.15) is 31.2 Å². The van der Waals surface area contributed by atoms with Crippen LogP contribution in [-0.4, -0.2) is 6.04 Å². The zero-order valence-corrected chi connectivity index (χ0v) is 9.80. The van der Waals surface area contributed by atoms with E-state index >= 15 is 0 Å². The van der Waals surface area contributed by atoms with Gasteiger partial charge in [0.15, 0.2) is 0 Å². The Morgan fingerprint density at radius 1 is 1.44 bits per heavy atom. The highest BCUT2D eigenvalue weighted by atomic mass is 35.5. The van der Waals surface area contributed by atoms with Crippen molar-refractivity contribution in [1.82, 2.24) is 0 Å². The number of benzene rings is 1. The molecule has 3 heteroatoms. The van der Waals surface area contributed by atoms with E-state index in [2.05, 4.69) is 0 Å². The van der Waals surface area contributed by atoms with Crippen molar-refractivity contribution in [1.29, 1.82) is 0 Å². The van der Waals surface area contributed by atoms with Crippen molar-refractivity contribution in [2.45, 2.75) is 31.7 Å². The first-order valence-electron chi connectivity index (χ1n) is 5.55. The zero-order valence-electron chi connectivity index (χ0n) is 9.05. The molecular weight excluding hydrogens is 225 g/mol. The monoisotopic (exact) mass is 239 g/mol. The SMILES string of the molecule is NC1CCC/C(=C/c2ccc(Cl)c(F)c2)C1. The maximum atomic E-state index is 13.2. The van der Waals surface area contributed by atoms with Gasteiger partial charge in [0.1, 0.15) is 5.82 Å². The molecule has 1 atom stereocenters. The van der Waals surface area contributed by atoms with Gasteiger partial charge in [-0.1, -0.05) is 29.3 Å². The summed E-state index contributed by atoms with van der Waals surface area (Å²) in [6.45, 7) is 0. The molecule has 2 rings (SSSR count). The van der Waals surface area contributed by atoms with Crippen LogP contribution in [0.3, 0.4) is 0 Å². The lowest BCUT2D eigenvalue weighted by atomic mass is 9.90. The Kier molecular flexibility index (Phi) is 3.62. The average molecular weight is 240 g/mol. The summed E-state index contributed by atoms with van der Waals surface area (Å²) >= 11 is 5.63. The Morgan fingerprint density at radius 2 is 2.25 bits per heavy atom. The van der Waals surface area contributed by atoms with Crippen LogP contribution in [0.5, 0.6) is 0 Å². The first-order valence-corrected chi connectivity index (χ1v) is 5.93. The highest BCUT2D eigenvalue weighted by Crippen LogP contribution is 2.25. The lowest BCUT2D eigenvalue weighted by Crippen LogP contribution is -2.23. The van der Waals surface area contributed by atoms with Gasteiger partial charge in [-0.3, -0.25) is 0 Å². The highest BCUT2D eigenvalue weighted by Gasteiger charge is 2.12. The van der Waals surface area contributed by atoms with Crippen LogP contribution in [0.25, 0.3) is 6.08 Å². The molecule has 1 aliphatic rings. The van der Waals surface area contributed by atoms with Crippen molar-refractivity contribution >= 4 is 17.7 Å². The Morgan fingerprint density at radius 3 is 2.94 bits per heavy atom. The van der Waals surface area contributed by atoms with Gasteiger partial charge in [-0.2, -0.15) is 0 Å². The van der Waals surface area contributed by atoms with Crippen LogP contribution < -0.4 is 5.73 Å². The van der Waals surface area contributed by atoms with Crippen molar-refractivity contribution in [2.24, 2.45) is 5.73 Å². The maximum absolute atomic E-state index is 13.2. The van der Waals surface area contributed by atoms with Gasteiger partial charge in [-0.25, -0.2) is 4.39 Å². The molecule has 0 amide bonds. The van der Waals surface area contributed by atoms with Crippen molar-refractivity contribution in [3.8, 4) is 0 Å². The molecular formula is C13H15ClFN. The summed E-state index contributed by atoms with van der Waals surface area (Å²) in [4.78, 5) is 0. The third kappa shape index (κ3) is 2.83. The average Bonchev–Trinajstić information content (AvgIpc) is 2.24. The van der Waals surface area contributed by atoms with Gasteiger partial charge in [-0.15, -0.1) is 0 Å². The minimum absolute atomic E-state index is 0.169. The molecule has 0 saturated heterocycles. The van der Waals surface area contributed by atoms with E-state index in [9.17, 15) is 4.39 Å². The summed E-state index contributed by atoms with van der Waals surface area (Å²) in [5, 5.41) is 0.169. The van der Waals surface area contributed by atoms with Crippen molar-refractivity contribution in [3.05, 3.63) is 40.2 Å². The molecule has 1 unspecified atom stereocenters. The van der Waals surface area contributed by atoms with E-state index in [4.69, 9.17) is 17.3 Å². The Bertz CT molecular complexity index is 414. The standard InChI is InChI=1S/C13H15ClFN/c14-12-5-4-10(8-13(12)15)6-9-2-1-3-11(16)7-9/h4-6,8,11H,1-3,7,16H2/b9-6-. The van der Waals surface area contributed by atoms with Crippen LogP contribution in [-0.2, 0) is 0 Å². The predicted molar refractivity (Wildman–Crippen MR) is 65.8 cm³/mol. The summed E-state index contributed by atoms with van der Waals surface area (Å²) < 4.78 is 13.2. The molecule has 16 heavy (non-hydrogen) atoms. The highest BCUT2D eigenvalue weighted by molar-refractivity contribution is 6.30. The smallest absolute Gasteiger partial charge is 0.142 e. The summed E-state index contributed by atoms with van der Waals surface area (Å²) in [6.07, 6.45) is 6.23. The molecule has 1 saturated carbocycles. The lowest BCUT2D eigenvalue weighted by Gasteiger charge is -2.20. The van der Waals surface area contributed by atoms with Crippen molar-refractivity contribution in [2.75, 3.05) is 0 Å². The molecule has 1 aromatic rings. The predicted octanol–water partition coefficient (Wildman–Crippen LogP) is 3.76. The van der Waals surface area contributed by atoms with E-state index in [0.717, 1.165) is 31.2 Å². The summed E-state index contributed by atoms with van der Waals surface area (Å²) in [5.74, 6) is -0.365. The van der Waals surface area contributed by atoms with E-state index < -0.39 is 0 Å². The topological polar surface area (TPSA) is 26.0 Å². The lowest BCUT2D eigenvalue weighted by molar-refractivity contribution is 0.520. The molecule has 0 aromatic heterocycles. The number of hydrogen-bond donors (Lipinski definition) is 1. The molecule has 0 radical (unpaired) electrons.